The molecule has 0 N–H and O–H groups in total. The highest BCUT2D eigenvalue weighted by molar-refractivity contribution is 7.98. The van der Waals surface area contributed by atoms with Crippen LogP contribution in [0.15, 0.2) is 53.7 Å². The van der Waals surface area contributed by atoms with Crippen molar-refractivity contribution in [3.63, 3.8) is 0 Å². The van der Waals surface area contributed by atoms with Gasteiger partial charge in [-0.3, -0.25) is 14.7 Å². The molecule has 3 aromatic rings. The van der Waals surface area contributed by atoms with Crippen molar-refractivity contribution < 1.29 is 14.4 Å². The lowest BCUT2D eigenvalue weighted by Crippen LogP contribution is -2.16. The second kappa shape index (κ2) is 9.27. The van der Waals surface area contributed by atoms with Crippen LogP contribution in [0.5, 0.6) is 5.75 Å². The Morgan fingerprint density at radius 2 is 2.10 bits per heavy atom. The third-order valence-corrected chi connectivity index (χ3v) is 6.00. The molecule has 1 aliphatic heterocycles. The maximum Gasteiger partial charge on any atom is 0.269 e. The average molecular weight is 426 g/mol. The normalized spacial score (nSPS) is 16.0. The Bertz CT molecular complexity index is 1020. The summed E-state index contributed by atoms with van der Waals surface area (Å²) in [6.07, 6.45) is 2.20. The topological polar surface area (TPSA) is 92.3 Å². The van der Waals surface area contributed by atoms with Crippen LogP contribution in [-0.4, -0.2) is 39.5 Å². The number of nitrogens with zero attached hydrogens (tertiary/aromatic N) is 4. The molecule has 30 heavy (non-hydrogen) atoms. The summed E-state index contributed by atoms with van der Waals surface area (Å²) in [6.45, 7) is 1.45. The standard InChI is InChI=1S/C21H22N4O4S/c1-28-18-9-7-16(8-10-18)20-22-23-21(24(20)13-19-6-3-11-29-19)30-14-15-4-2-5-17(12-15)25(26)27/h2,4-5,7-10,12,19H,3,6,11,13-14H2,1H3. The molecule has 1 unspecified atom stereocenters. The second-order valence-electron chi connectivity index (χ2n) is 7.00. The van der Waals surface area contributed by atoms with Gasteiger partial charge in [0.2, 0.25) is 0 Å². The first kappa shape index (κ1) is 20.4. The van der Waals surface area contributed by atoms with Gasteiger partial charge in [-0.1, -0.05) is 23.9 Å². The number of aromatic nitrogens is 3. The van der Waals surface area contributed by atoms with Crippen molar-refractivity contribution in [3.8, 4) is 17.1 Å². The smallest absolute Gasteiger partial charge is 0.269 e. The van der Waals surface area contributed by atoms with Gasteiger partial charge in [0, 0.05) is 30.1 Å². The van der Waals surface area contributed by atoms with Gasteiger partial charge in [-0.05, 0) is 42.7 Å². The number of hydrogen-bond donors (Lipinski definition) is 0. The molecule has 9 heteroatoms. The zero-order chi connectivity index (χ0) is 20.9. The number of nitro groups is 1. The monoisotopic (exact) mass is 426 g/mol. The molecule has 1 atom stereocenters. The van der Waals surface area contributed by atoms with E-state index in [-0.39, 0.29) is 16.7 Å². The lowest BCUT2D eigenvalue weighted by Gasteiger charge is -2.15. The van der Waals surface area contributed by atoms with Crippen molar-refractivity contribution in [3.05, 3.63) is 64.2 Å². The van der Waals surface area contributed by atoms with E-state index in [0.29, 0.717) is 12.3 Å². The van der Waals surface area contributed by atoms with Crippen LogP contribution in [0.2, 0.25) is 0 Å². The van der Waals surface area contributed by atoms with Crippen LogP contribution < -0.4 is 4.74 Å². The molecule has 2 aromatic carbocycles. The van der Waals surface area contributed by atoms with E-state index in [4.69, 9.17) is 9.47 Å². The summed E-state index contributed by atoms with van der Waals surface area (Å²) in [4.78, 5) is 10.7. The Balaban J connectivity index is 1.59. The van der Waals surface area contributed by atoms with Crippen molar-refractivity contribution in [2.75, 3.05) is 13.7 Å². The largest absolute Gasteiger partial charge is 0.497 e. The zero-order valence-corrected chi connectivity index (χ0v) is 17.4. The lowest BCUT2D eigenvalue weighted by molar-refractivity contribution is -0.384. The quantitative estimate of drug-likeness (QED) is 0.301. The third-order valence-electron chi connectivity index (χ3n) is 4.96. The SMILES string of the molecule is COc1ccc(-c2nnc(SCc3cccc([N+](=O)[O-])c3)n2CC2CCCO2)cc1. The summed E-state index contributed by atoms with van der Waals surface area (Å²) < 4.78 is 13.2. The molecule has 156 valence electrons. The lowest BCUT2D eigenvalue weighted by atomic mass is 10.2. The molecule has 0 spiro atoms. The second-order valence-corrected chi connectivity index (χ2v) is 7.94. The highest BCUT2D eigenvalue weighted by atomic mass is 32.2. The molecule has 0 radical (unpaired) electrons. The third kappa shape index (κ3) is 4.63. The van der Waals surface area contributed by atoms with Crippen molar-refractivity contribution in [2.24, 2.45) is 0 Å². The average Bonchev–Trinajstić information content (AvgIpc) is 3.43. The number of thioether (sulfide) groups is 1. The summed E-state index contributed by atoms with van der Waals surface area (Å²) in [5.74, 6) is 2.12. The van der Waals surface area contributed by atoms with Gasteiger partial charge in [0.05, 0.1) is 24.7 Å². The molecule has 0 saturated carbocycles. The summed E-state index contributed by atoms with van der Waals surface area (Å²) in [5.41, 5.74) is 1.91. The van der Waals surface area contributed by atoms with Gasteiger partial charge in [-0.2, -0.15) is 0 Å². The number of methoxy groups -OCH3 is 1. The molecular formula is C21H22N4O4S. The first-order chi connectivity index (χ1) is 14.6. The molecule has 0 bridgehead atoms. The molecule has 1 saturated heterocycles. The highest BCUT2D eigenvalue weighted by Crippen LogP contribution is 2.30. The Kier molecular flexibility index (Phi) is 6.29. The molecule has 1 fully saturated rings. The molecular weight excluding hydrogens is 404 g/mol. The number of hydrogen-bond acceptors (Lipinski definition) is 7. The van der Waals surface area contributed by atoms with Crippen molar-refractivity contribution >= 4 is 17.4 Å². The molecule has 0 amide bonds. The highest BCUT2D eigenvalue weighted by Gasteiger charge is 2.22. The van der Waals surface area contributed by atoms with E-state index in [2.05, 4.69) is 14.8 Å². The van der Waals surface area contributed by atoms with Crippen LogP contribution in [0.1, 0.15) is 18.4 Å². The van der Waals surface area contributed by atoms with E-state index in [1.54, 1.807) is 19.2 Å². The number of ether oxygens (including phenoxy) is 2. The molecule has 8 nitrogen and oxygen atoms in total. The summed E-state index contributed by atoms with van der Waals surface area (Å²) in [5, 5.41) is 20.6. The number of rotatable bonds is 8. The van der Waals surface area contributed by atoms with Gasteiger partial charge in [0.25, 0.3) is 5.69 Å². The summed E-state index contributed by atoms with van der Waals surface area (Å²) in [6, 6.07) is 14.4. The van der Waals surface area contributed by atoms with Gasteiger partial charge in [0.1, 0.15) is 5.75 Å². The van der Waals surface area contributed by atoms with Crippen LogP contribution in [0.25, 0.3) is 11.4 Å². The summed E-state index contributed by atoms with van der Waals surface area (Å²) in [7, 11) is 1.64. The Morgan fingerprint density at radius 3 is 2.80 bits per heavy atom. The molecule has 0 aliphatic carbocycles. The maximum atomic E-state index is 11.0. The van der Waals surface area contributed by atoms with Gasteiger partial charge in [0.15, 0.2) is 11.0 Å². The molecule has 1 aliphatic rings. The first-order valence-electron chi connectivity index (χ1n) is 9.69. The number of nitro benzene ring substituents is 1. The van der Waals surface area contributed by atoms with Crippen LogP contribution in [0, 0.1) is 10.1 Å². The predicted octanol–water partition coefficient (Wildman–Crippen LogP) is 4.33. The van der Waals surface area contributed by atoms with Crippen LogP contribution >= 0.6 is 11.8 Å². The Labute approximate surface area is 178 Å². The fraction of sp³-hybridized carbons (Fsp3) is 0.333. The summed E-state index contributed by atoms with van der Waals surface area (Å²) >= 11 is 1.51. The fourth-order valence-corrected chi connectivity index (χ4v) is 4.30. The first-order valence-corrected chi connectivity index (χ1v) is 10.7. The molecule has 2 heterocycles. The van der Waals surface area contributed by atoms with Crippen molar-refractivity contribution in [1.82, 2.24) is 14.8 Å². The van der Waals surface area contributed by atoms with Crippen LogP contribution in [0.3, 0.4) is 0 Å². The van der Waals surface area contributed by atoms with Crippen LogP contribution in [-0.2, 0) is 17.0 Å². The van der Waals surface area contributed by atoms with E-state index < -0.39 is 0 Å². The van der Waals surface area contributed by atoms with Crippen molar-refractivity contribution in [2.45, 2.75) is 36.4 Å². The number of non-ortho nitro benzene ring substituents is 1. The predicted molar refractivity (Wildman–Crippen MR) is 114 cm³/mol. The van der Waals surface area contributed by atoms with E-state index in [1.165, 1.54) is 17.8 Å². The number of benzene rings is 2. The van der Waals surface area contributed by atoms with Crippen molar-refractivity contribution in [1.29, 1.82) is 0 Å². The zero-order valence-electron chi connectivity index (χ0n) is 16.6. The van der Waals surface area contributed by atoms with Crippen LogP contribution in [0.4, 0.5) is 5.69 Å². The van der Waals surface area contributed by atoms with E-state index in [0.717, 1.165) is 47.3 Å². The van der Waals surface area contributed by atoms with Gasteiger partial charge in [-0.15, -0.1) is 10.2 Å². The van der Waals surface area contributed by atoms with E-state index >= 15 is 0 Å². The Hall–Kier alpha value is -2.91. The van der Waals surface area contributed by atoms with E-state index in [9.17, 15) is 10.1 Å². The van der Waals surface area contributed by atoms with Gasteiger partial charge >= 0.3 is 0 Å². The minimum absolute atomic E-state index is 0.0906. The maximum absolute atomic E-state index is 11.0. The van der Waals surface area contributed by atoms with Gasteiger partial charge < -0.3 is 9.47 Å². The minimum Gasteiger partial charge on any atom is -0.497 e. The molecule has 1 aromatic heterocycles. The van der Waals surface area contributed by atoms with E-state index in [1.807, 2.05) is 30.3 Å². The fourth-order valence-electron chi connectivity index (χ4n) is 3.41. The van der Waals surface area contributed by atoms with Gasteiger partial charge in [-0.25, -0.2) is 0 Å². The molecule has 4 rings (SSSR count). The minimum atomic E-state index is -0.379. The Morgan fingerprint density at radius 1 is 1.27 bits per heavy atom.